The molecule has 0 amide bonds. The van der Waals surface area contributed by atoms with Gasteiger partial charge in [-0.05, 0) is 37.6 Å². The molecule has 1 aliphatic heterocycles. The maximum absolute atomic E-state index is 10.8. The smallest absolute Gasteiger partial charge is 0.292 e. The number of hydrogen-bond donors (Lipinski definition) is 2. The van der Waals surface area contributed by atoms with E-state index in [1.165, 1.54) is 18.6 Å². The highest BCUT2D eigenvalue weighted by Gasteiger charge is 2.16. The summed E-state index contributed by atoms with van der Waals surface area (Å²) in [6.07, 6.45) is 2.65. The molecular weight excluding hydrogens is 274 g/mol. The molecule has 116 valence electrons. The zero-order chi connectivity index (χ0) is 15.2. The lowest BCUT2D eigenvalue weighted by atomic mass is 10.1. The molecule has 3 N–H and O–H groups in total. The van der Waals surface area contributed by atoms with Crippen molar-refractivity contribution in [2.45, 2.75) is 32.2 Å². The van der Waals surface area contributed by atoms with Crippen LogP contribution in [-0.2, 0) is 11.3 Å². The van der Waals surface area contributed by atoms with Crippen LogP contribution in [0.15, 0.2) is 18.2 Å². The Bertz CT molecular complexity index is 489. The minimum Gasteiger partial charge on any atom is -0.393 e. The second kappa shape index (κ2) is 7.35. The quantitative estimate of drug-likeness (QED) is 0.357. The molecule has 1 saturated heterocycles. The average molecular weight is 295 g/mol. The first-order valence-corrected chi connectivity index (χ1v) is 7.11. The molecule has 1 aromatic carbocycles. The number of β-amino-alcohol motifs (C(OH)–C–C–N with tert-alkyl or cyclic N) is 1. The number of nitrogen functional groups attached to an aromatic ring is 1. The zero-order valence-corrected chi connectivity index (χ0v) is 11.9. The number of anilines is 1. The summed E-state index contributed by atoms with van der Waals surface area (Å²) >= 11 is 0. The summed E-state index contributed by atoms with van der Waals surface area (Å²) < 4.78 is 5.36. The fourth-order valence-corrected chi connectivity index (χ4v) is 2.45. The fraction of sp³-hybridized carbons (Fsp3) is 0.571. The van der Waals surface area contributed by atoms with E-state index in [0.29, 0.717) is 12.1 Å². The number of ether oxygens (including phenoxy) is 1. The first kappa shape index (κ1) is 15.7. The lowest BCUT2D eigenvalue weighted by molar-refractivity contribution is -0.384. The molecule has 0 spiro atoms. The van der Waals surface area contributed by atoms with Gasteiger partial charge in [0.15, 0.2) is 6.29 Å². The number of benzene rings is 1. The van der Waals surface area contributed by atoms with E-state index in [1.54, 1.807) is 6.07 Å². The minimum absolute atomic E-state index is 0.121. The van der Waals surface area contributed by atoms with Gasteiger partial charge in [-0.1, -0.05) is 12.5 Å². The lowest BCUT2D eigenvalue weighted by Crippen LogP contribution is -2.37. The normalized spacial score (nSPS) is 17.6. The van der Waals surface area contributed by atoms with Gasteiger partial charge in [0.1, 0.15) is 5.69 Å². The molecule has 2 rings (SSSR count). The first-order valence-electron chi connectivity index (χ1n) is 7.11. The Morgan fingerprint density at radius 3 is 2.76 bits per heavy atom. The van der Waals surface area contributed by atoms with Crippen LogP contribution in [0.3, 0.4) is 0 Å². The third-order valence-electron chi connectivity index (χ3n) is 3.60. The Kier molecular flexibility index (Phi) is 5.49. The van der Waals surface area contributed by atoms with E-state index in [9.17, 15) is 15.2 Å². The summed E-state index contributed by atoms with van der Waals surface area (Å²) in [5.41, 5.74) is 6.14. The third kappa shape index (κ3) is 4.66. The average Bonchev–Trinajstić information content (AvgIpc) is 2.47. The molecule has 1 fully saturated rings. The summed E-state index contributed by atoms with van der Waals surface area (Å²) in [6.45, 7) is 2.55. The number of nitrogens with zero attached hydrogens (tertiary/aromatic N) is 2. The molecule has 0 saturated carbocycles. The summed E-state index contributed by atoms with van der Waals surface area (Å²) in [6, 6.07) is 4.52. The van der Waals surface area contributed by atoms with Crippen molar-refractivity contribution in [1.82, 2.24) is 4.90 Å². The third-order valence-corrected chi connectivity index (χ3v) is 3.60. The number of rotatable bonds is 6. The van der Waals surface area contributed by atoms with E-state index in [4.69, 9.17) is 10.5 Å². The topological polar surface area (TPSA) is 102 Å². The van der Waals surface area contributed by atoms with Crippen molar-refractivity contribution < 1.29 is 14.8 Å². The number of hydrogen-bond acceptors (Lipinski definition) is 6. The maximum Gasteiger partial charge on any atom is 0.292 e. The van der Waals surface area contributed by atoms with Gasteiger partial charge in [0, 0.05) is 12.6 Å². The lowest BCUT2D eigenvalue weighted by Gasteiger charge is -2.28. The number of piperidine rings is 1. The van der Waals surface area contributed by atoms with Crippen LogP contribution in [0.25, 0.3) is 0 Å². The number of aliphatic hydroxyl groups excluding tert-OH is 1. The van der Waals surface area contributed by atoms with Gasteiger partial charge in [0.25, 0.3) is 5.69 Å². The number of nitrogens with two attached hydrogens (primary N) is 1. The molecule has 1 aliphatic rings. The molecule has 0 aliphatic carbocycles. The Hall–Kier alpha value is -1.70. The van der Waals surface area contributed by atoms with Gasteiger partial charge in [-0.25, -0.2) is 0 Å². The summed E-state index contributed by atoms with van der Waals surface area (Å²) in [5, 5.41) is 20.7. The Labute approximate surface area is 123 Å². The van der Waals surface area contributed by atoms with E-state index < -0.39 is 11.2 Å². The van der Waals surface area contributed by atoms with E-state index in [2.05, 4.69) is 4.90 Å². The van der Waals surface area contributed by atoms with E-state index in [1.807, 2.05) is 0 Å². The summed E-state index contributed by atoms with van der Waals surface area (Å²) in [4.78, 5) is 12.4. The molecule has 1 aromatic rings. The van der Waals surface area contributed by atoms with E-state index in [0.717, 1.165) is 25.9 Å². The molecule has 7 heteroatoms. The highest BCUT2D eigenvalue weighted by molar-refractivity contribution is 5.59. The maximum atomic E-state index is 10.8. The van der Waals surface area contributed by atoms with Crippen LogP contribution in [0.4, 0.5) is 11.4 Å². The minimum atomic E-state index is -0.889. The van der Waals surface area contributed by atoms with Gasteiger partial charge in [-0.2, -0.15) is 0 Å². The standard InChI is InChI=1S/C14H21N3O4/c15-12-5-4-11(8-13(12)17(19)20)10-21-14(18)9-16-6-2-1-3-7-16/h4-5,8,14,18H,1-3,6-7,9-10,15H2/t14-/m0/s1. The summed E-state index contributed by atoms with van der Waals surface area (Å²) in [7, 11) is 0. The van der Waals surface area contributed by atoms with Crippen molar-refractivity contribution in [2.75, 3.05) is 25.4 Å². The van der Waals surface area contributed by atoms with Crippen LogP contribution in [0.2, 0.25) is 0 Å². The molecule has 0 aromatic heterocycles. The van der Waals surface area contributed by atoms with Crippen LogP contribution >= 0.6 is 0 Å². The van der Waals surface area contributed by atoms with Gasteiger partial charge in [-0.3, -0.25) is 15.0 Å². The molecule has 1 heterocycles. The van der Waals surface area contributed by atoms with Crippen LogP contribution in [0.1, 0.15) is 24.8 Å². The molecule has 7 nitrogen and oxygen atoms in total. The SMILES string of the molecule is Nc1ccc(CO[C@H](O)CN2CCCCC2)cc1[N+](=O)[O-]. The zero-order valence-electron chi connectivity index (χ0n) is 11.9. The van der Waals surface area contributed by atoms with Crippen molar-refractivity contribution in [3.05, 3.63) is 33.9 Å². The number of aliphatic hydroxyl groups is 1. The Balaban J connectivity index is 1.84. The Morgan fingerprint density at radius 2 is 2.10 bits per heavy atom. The second-order valence-corrected chi connectivity index (χ2v) is 5.28. The molecule has 21 heavy (non-hydrogen) atoms. The van der Waals surface area contributed by atoms with Crippen molar-refractivity contribution in [1.29, 1.82) is 0 Å². The number of likely N-dealkylation sites (tertiary alicyclic amines) is 1. The first-order chi connectivity index (χ1) is 10.1. The predicted molar refractivity (Wildman–Crippen MR) is 78.6 cm³/mol. The molecular formula is C14H21N3O4. The molecule has 0 bridgehead atoms. The summed E-state index contributed by atoms with van der Waals surface area (Å²) in [5.74, 6) is 0. The second-order valence-electron chi connectivity index (χ2n) is 5.28. The van der Waals surface area contributed by atoms with Crippen LogP contribution in [0, 0.1) is 10.1 Å². The van der Waals surface area contributed by atoms with Crippen molar-refractivity contribution in [3.8, 4) is 0 Å². The van der Waals surface area contributed by atoms with Gasteiger partial charge in [0.2, 0.25) is 0 Å². The largest absolute Gasteiger partial charge is 0.393 e. The van der Waals surface area contributed by atoms with Crippen molar-refractivity contribution >= 4 is 11.4 Å². The molecule has 0 radical (unpaired) electrons. The Morgan fingerprint density at radius 1 is 1.38 bits per heavy atom. The highest BCUT2D eigenvalue weighted by atomic mass is 16.6. The van der Waals surface area contributed by atoms with Gasteiger partial charge in [0.05, 0.1) is 11.5 Å². The van der Waals surface area contributed by atoms with Crippen LogP contribution in [-0.4, -0.2) is 40.9 Å². The van der Waals surface area contributed by atoms with Crippen molar-refractivity contribution in [2.24, 2.45) is 0 Å². The van der Waals surface area contributed by atoms with Gasteiger partial charge < -0.3 is 15.6 Å². The fourth-order valence-electron chi connectivity index (χ4n) is 2.45. The predicted octanol–water partition coefficient (Wildman–Crippen LogP) is 1.50. The van der Waals surface area contributed by atoms with Crippen LogP contribution in [0.5, 0.6) is 0 Å². The van der Waals surface area contributed by atoms with Gasteiger partial charge >= 0.3 is 0 Å². The van der Waals surface area contributed by atoms with Gasteiger partial charge in [-0.15, -0.1) is 0 Å². The highest BCUT2D eigenvalue weighted by Crippen LogP contribution is 2.22. The van der Waals surface area contributed by atoms with E-state index in [-0.39, 0.29) is 18.0 Å². The van der Waals surface area contributed by atoms with Crippen molar-refractivity contribution in [3.63, 3.8) is 0 Å². The van der Waals surface area contributed by atoms with E-state index >= 15 is 0 Å². The number of nitro groups is 1. The molecule has 1 atom stereocenters. The van der Waals surface area contributed by atoms with Crippen LogP contribution < -0.4 is 5.73 Å². The molecule has 0 unspecified atom stereocenters. The number of nitro benzene ring substituents is 1. The monoisotopic (exact) mass is 295 g/mol.